The van der Waals surface area contributed by atoms with Crippen LogP contribution < -0.4 is 15.5 Å². The van der Waals surface area contributed by atoms with Crippen LogP contribution in [0.15, 0.2) is 22.4 Å². The van der Waals surface area contributed by atoms with Gasteiger partial charge in [0.2, 0.25) is 5.43 Å². The van der Waals surface area contributed by atoms with Crippen molar-refractivity contribution in [3.8, 4) is 5.75 Å². The second-order valence-electron chi connectivity index (χ2n) is 3.53. The molecule has 1 amide bonds. The molecule has 0 aliphatic rings. The van der Waals surface area contributed by atoms with Gasteiger partial charge < -0.3 is 9.72 Å². The van der Waals surface area contributed by atoms with E-state index in [-0.39, 0.29) is 16.9 Å². The molecule has 0 fully saturated rings. The number of carbonyl (C=O) groups excluding carboxylic acids is 1. The second kappa shape index (κ2) is 5.01. The SMILES string of the molecule is COc1c[nH]c(C(=O)Nc2nc(C)cs2)cc1=O. The number of pyridine rings is 1. The molecular weight excluding hydrogens is 254 g/mol. The number of nitrogens with one attached hydrogen (secondary N) is 2. The molecule has 2 aromatic heterocycles. The van der Waals surface area contributed by atoms with Gasteiger partial charge in [0.1, 0.15) is 5.69 Å². The number of hydrogen-bond acceptors (Lipinski definition) is 5. The van der Waals surface area contributed by atoms with E-state index in [1.165, 1.54) is 30.7 Å². The first-order chi connectivity index (χ1) is 8.60. The fraction of sp³-hybridized carbons (Fsp3) is 0.182. The van der Waals surface area contributed by atoms with Crippen molar-refractivity contribution in [3.63, 3.8) is 0 Å². The van der Waals surface area contributed by atoms with Crippen LogP contribution >= 0.6 is 11.3 Å². The van der Waals surface area contributed by atoms with Gasteiger partial charge in [-0.2, -0.15) is 0 Å². The first-order valence-electron chi connectivity index (χ1n) is 5.10. The Hall–Kier alpha value is -2.15. The number of aryl methyl sites for hydroxylation is 1. The molecule has 6 nitrogen and oxygen atoms in total. The maximum absolute atomic E-state index is 11.8. The highest BCUT2D eigenvalue weighted by molar-refractivity contribution is 7.13. The van der Waals surface area contributed by atoms with E-state index < -0.39 is 5.91 Å². The van der Waals surface area contributed by atoms with E-state index >= 15 is 0 Å². The molecule has 2 heterocycles. The Morgan fingerprint density at radius 3 is 2.89 bits per heavy atom. The summed E-state index contributed by atoms with van der Waals surface area (Å²) >= 11 is 1.32. The largest absolute Gasteiger partial charge is 0.491 e. The third kappa shape index (κ3) is 2.57. The van der Waals surface area contributed by atoms with Crippen LogP contribution in [0.5, 0.6) is 5.75 Å². The maximum atomic E-state index is 11.8. The number of ether oxygens (including phenoxy) is 1. The topological polar surface area (TPSA) is 84.1 Å². The number of H-pyrrole nitrogens is 1. The summed E-state index contributed by atoms with van der Waals surface area (Å²) in [5.74, 6) is -0.249. The molecule has 0 aliphatic heterocycles. The van der Waals surface area contributed by atoms with Crippen LogP contribution in [0.4, 0.5) is 5.13 Å². The van der Waals surface area contributed by atoms with Crippen molar-refractivity contribution in [1.82, 2.24) is 9.97 Å². The molecule has 2 aromatic rings. The van der Waals surface area contributed by atoms with E-state index in [1.54, 1.807) is 0 Å². The molecule has 0 unspecified atom stereocenters. The van der Waals surface area contributed by atoms with Crippen LogP contribution in [0.2, 0.25) is 0 Å². The quantitative estimate of drug-likeness (QED) is 0.878. The molecule has 0 spiro atoms. The Bertz CT molecular complexity index is 632. The molecule has 18 heavy (non-hydrogen) atoms. The van der Waals surface area contributed by atoms with Crippen LogP contribution in [0, 0.1) is 6.92 Å². The normalized spacial score (nSPS) is 10.1. The van der Waals surface area contributed by atoms with Crippen molar-refractivity contribution in [1.29, 1.82) is 0 Å². The zero-order chi connectivity index (χ0) is 13.1. The average molecular weight is 265 g/mol. The van der Waals surface area contributed by atoms with Gasteiger partial charge in [0.05, 0.1) is 12.8 Å². The van der Waals surface area contributed by atoms with E-state index in [2.05, 4.69) is 15.3 Å². The Morgan fingerprint density at radius 1 is 1.56 bits per heavy atom. The van der Waals surface area contributed by atoms with Crippen molar-refractivity contribution >= 4 is 22.4 Å². The molecule has 0 bridgehead atoms. The van der Waals surface area contributed by atoms with E-state index in [4.69, 9.17) is 4.74 Å². The van der Waals surface area contributed by atoms with Crippen molar-refractivity contribution < 1.29 is 9.53 Å². The van der Waals surface area contributed by atoms with Gasteiger partial charge in [-0.1, -0.05) is 0 Å². The molecule has 94 valence electrons. The number of aromatic amines is 1. The molecule has 7 heteroatoms. The van der Waals surface area contributed by atoms with Gasteiger partial charge in [0.25, 0.3) is 5.91 Å². The minimum Gasteiger partial charge on any atom is -0.491 e. The molecular formula is C11H11N3O3S. The van der Waals surface area contributed by atoms with Crippen molar-refractivity contribution in [2.24, 2.45) is 0 Å². The number of hydrogen-bond donors (Lipinski definition) is 2. The van der Waals surface area contributed by atoms with Gasteiger partial charge in [-0.3, -0.25) is 14.9 Å². The number of nitrogens with zero attached hydrogens (tertiary/aromatic N) is 1. The Morgan fingerprint density at radius 2 is 2.33 bits per heavy atom. The highest BCUT2D eigenvalue weighted by Crippen LogP contribution is 2.15. The first kappa shape index (κ1) is 12.3. The van der Waals surface area contributed by atoms with Crippen molar-refractivity contribution in [2.45, 2.75) is 6.92 Å². The molecule has 2 rings (SSSR count). The molecule has 0 saturated carbocycles. The molecule has 0 atom stereocenters. The minimum absolute atomic E-state index is 0.161. The zero-order valence-corrected chi connectivity index (χ0v) is 10.6. The average Bonchev–Trinajstić information content (AvgIpc) is 2.74. The van der Waals surface area contributed by atoms with Crippen molar-refractivity contribution in [2.75, 3.05) is 12.4 Å². The molecule has 0 aromatic carbocycles. The Labute approximate surface area is 107 Å². The summed E-state index contributed by atoms with van der Waals surface area (Å²) in [6.07, 6.45) is 1.35. The number of anilines is 1. The number of thiazole rings is 1. The van der Waals surface area contributed by atoms with Crippen LogP contribution in [0.3, 0.4) is 0 Å². The summed E-state index contributed by atoms with van der Waals surface area (Å²) in [5, 5.41) is 4.92. The predicted octanol–water partition coefficient (Wildman–Crippen LogP) is 1.40. The summed E-state index contributed by atoms with van der Waals surface area (Å²) in [6, 6.07) is 1.19. The first-order valence-corrected chi connectivity index (χ1v) is 5.98. The van der Waals surface area contributed by atoms with Gasteiger partial charge >= 0.3 is 0 Å². The number of amides is 1. The molecule has 0 aliphatic carbocycles. The van der Waals surface area contributed by atoms with Gasteiger partial charge in [-0.05, 0) is 6.92 Å². The van der Waals surface area contributed by atoms with Crippen molar-refractivity contribution in [3.05, 3.63) is 39.3 Å². The summed E-state index contributed by atoms with van der Waals surface area (Å²) in [4.78, 5) is 30.1. The molecule has 0 radical (unpaired) electrons. The third-order valence-corrected chi connectivity index (χ3v) is 3.06. The lowest BCUT2D eigenvalue weighted by Gasteiger charge is -2.03. The van der Waals surface area contributed by atoms with E-state index in [0.29, 0.717) is 5.13 Å². The standard InChI is InChI=1S/C11H11N3O3S/c1-6-5-18-11(13-6)14-10(16)7-3-8(15)9(17-2)4-12-7/h3-5H,1-2H3,(H,12,15)(H,13,14,16). The highest BCUT2D eigenvalue weighted by atomic mass is 32.1. The lowest BCUT2D eigenvalue weighted by molar-refractivity contribution is 0.102. The summed E-state index contributed by atoms with van der Waals surface area (Å²) in [6.45, 7) is 1.83. The number of rotatable bonds is 3. The number of methoxy groups -OCH3 is 1. The Balaban J connectivity index is 2.19. The van der Waals surface area contributed by atoms with Gasteiger partial charge in [0, 0.05) is 17.6 Å². The van der Waals surface area contributed by atoms with Crippen LogP contribution in [0.25, 0.3) is 0 Å². The smallest absolute Gasteiger partial charge is 0.273 e. The minimum atomic E-state index is -0.413. The number of carbonyl (C=O) groups is 1. The molecule has 0 saturated heterocycles. The monoisotopic (exact) mass is 265 g/mol. The lowest BCUT2D eigenvalue weighted by Crippen LogP contribution is -2.17. The van der Waals surface area contributed by atoms with E-state index in [0.717, 1.165) is 5.69 Å². The van der Waals surface area contributed by atoms with Gasteiger partial charge in [0.15, 0.2) is 10.9 Å². The highest BCUT2D eigenvalue weighted by Gasteiger charge is 2.10. The third-order valence-electron chi connectivity index (χ3n) is 2.18. The van der Waals surface area contributed by atoms with Crippen LogP contribution in [-0.4, -0.2) is 23.0 Å². The fourth-order valence-electron chi connectivity index (χ4n) is 1.32. The fourth-order valence-corrected chi connectivity index (χ4v) is 2.01. The summed E-state index contributed by atoms with van der Waals surface area (Å²) in [7, 11) is 1.39. The van der Waals surface area contributed by atoms with E-state index in [1.807, 2.05) is 12.3 Å². The second-order valence-corrected chi connectivity index (χ2v) is 4.39. The van der Waals surface area contributed by atoms with Gasteiger partial charge in [-0.25, -0.2) is 4.98 Å². The molecule has 2 N–H and O–H groups in total. The summed E-state index contributed by atoms with van der Waals surface area (Å²) in [5.41, 5.74) is 0.642. The lowest BCUT2D eigenvalue weighted by atomic mass is 10.3. The van der Waals surface area contributed by atoms with Crippen LogP contribution in [0.1, 0.15) is 16.2 Å². The predicted molar refractivity (Wildman–Crippen MR) is 68.4 cm³/mol. The maximum Gasteiger partial charge on any atom is 0.273 e. The van der Waals surface area contributed by atoms with E-state index in [9.17, 15) is 9.59 Å². The number of aromatic nitrogens is 2. The van der Waals surface area contributed by atoms with Gasteiger partial charge in [-0.15, -0.1) is 11.3 Å². The zero-order valence-electron chi connectivity index (χ0n) is 9.81. The van der Waals surface area contributed by atoms with Crippen LogP contribution in [-0.2, 0) is 0 Å². The summed E-state index contributed by atoms with van der Waals surface area (Å²) < 4.78 is 4.82. The Kier molecular flexibility index (Phi) is 3.42.